The molecule has 11 heavy (non-hydrogen) atoms. The number of nitrogens with zero attached hydrogens (tertiary/aromatic N) is 1. The number of hydrogen-bond acceptors (Lipinski definition) is 1. The van der Waals surface area contributed by atoms with E-state index in [0.717, 1.165) is 6.42 Å². The van der Waals surface area contributed by atoms with E-state index in [1.165, 1.54) is 11.3 Å². The highest BCUT2D eigenvalue weighted by molar-refractivity contribution is 5.22. The molecule has 1 rings (SSSR count). The van der Waals surface area contributed by atoms with Crippen molar-refractivity contribution in [1.82, 2.24) is 10.2 Å². The zero-order chi connectivity index (χ0) is 8.48. The molecule has 0 aliphatic heterocycles. The topological polar surface area (TPSA) is 28.7 Å². The van der Waals surface area contributed by atoms with E-state index in [1.807, 2.05) is 6.20 Å². The molecule has 1 heterocycles. The van der Waals surface area contributed by atoms with Crippen LogP contribution in [0.3, 0.4) is 0 Å². The molecule has 2 heteroatoms. The molecule has 62 valence electrons. The van der Waals surface area contributed by atoms with Gasteiger partial charge < -0.3 is 0 Å². The van der Waals surface area contributed by atoms with Crippen LogP contribution in [0.15, 0.2) is 6.20 Å². The monoisotopic (exact) mass is 152 g/mol. The summed E-state index contributed by atoms with van der Waals surface area (Å²) in [6, 6.07) is 0. The van der Waals surface area contributed by atoms with Gasteiger partial charge in [0.2, 0.25) is 0 Å². The second-order valence-electron chi connectivity index (χ2n) is 3.87. The Bertz CT molecular complexity index is 230. The molecular formula is C9H16N2. The molecule has 1 aromatic rings. The maximum Gasteiger partial charge on any atom is 0.0522 e. The molecule has 0 spiro atoms. The van der Waals surface area contributed by atoms with Crippen LogP contribution in [0.1, 0.15) is 39.0 Å². The van der Waals surface area contributed by atoms with Crippen LogP contribution < -0.4 is 0 Å². The third-order valence-corrected chi connectivity index (χ3v) is 1.85. The first kappa shape index (κ1) is 8.31. The van der Waals surface area contributed by atoms with Crippen molar-refractivity contribution < 1.29 is 0 Å². The zero-order valence-electron chi connectivity index (χ0n) is 7.73. The fourth-order valence-corrected chi connectivity index (χ4v) is 1.23. The number of hydrogen-bond donors (Lipinski definition) is 1. The summed E-state index contributed by atoms with van der Waals surface area (Å²) < 4.78 is 0. The summed E-state index contributed by atoms with van der Waals surface area (Å²) in [5.74, 6) is 0. The Labute approximate surface area is 68.0 Å². The quantitative estimate of drug-likeness (QED) is 0.657. The van der Waals surface area contributed by atoms with Crippen LogP contribution >= 0.6 is 0 Å². The predicted octanol–water partition coefficient (Wildman–Crippen LogP) is 2.27. The van der Waals surface area contributed by atoms with Gasteiger partial charge in [-0.1, -0.05) is 27.7 Å². The highest BCUT2D eigenvalue weighted by atomic mass is 15.1. The minimum absolute atomic E-state index is 0.196. The Morgan fingerprint density at radius 2 is 2.09 bits per heavy atom. The van der Waals surface area contributed by atoms with Crippen LogP contribution in [0.25, 0.3) is 0 Å². The van der Waals surface area contributed by atoms with E-state index in [0.29, 0.717) is 0 Å². The average molecular weight is 152 g/mol. The van der Waals surface area contributed by atoms with Crippen molar-refractivity contribution in [3.8, 4) is 0 Å². The van der Waals surface area contributed by atoms with Crippen LogP contribution in [0.2, 0.25) is 0 Å². The first-order valence-corrected chi connectivity index (χ1v) is 4.08. The van der Waals surface area contributed by atoms with Gasteiger partial charge in [-0.2, -0.15) is 5.10 Å². The van der Waals surface area contributed by atoms with E-state index >= 15 is 0 Å². The highest BCUT2D eigenvalue weighted by Crippen LogP contribution is 2.23. The molecule has 0 amide bonds. The lowest BCUT2D eigenvalue weighted by molar-refractivity contribution is 0.561. The molecule has 0 saturated carbocycles. The number of aromatic amines is 1. The lowest BCUT2D eigenvalue weighted by Gasteiger charge is -2.17. The van der Waals surface area contributed by atoms with Crippen molar-refractivity contribution >= 4 is 0 Å². The highest BCUT2D eigenvalue weighted by Gasteiger charge is 2.18. The fraction of sp³-hybridized carbons (Fsp3) is 0.667. The zero-order valence-corrected chi connectivity index (χ0v) is 7.73. The predicted molar refractivity (Wildman–Crippen MR) is 46.7 cm³/mol. The van der Waals surface area contributed by atoms with Crippen LogP contribution in [-0.2, 0) is 11.8 Å². The molecule has 0 unspecified atom stereocenters. The third kappa shape index (κ3) is 1.62. The van der Waals surface area contributed by atoms with Crippen molar-refractivity contribution in [3.05, 3.63) is 17.5 Å². The second-order valence-corrected chi connectivity index (χ2v) is 3.87. The summed E-state index contributed by atoms with van der Waals surface area (Å²) in [5, 5.41) is 7.08. The van der Waals surface area contributed by atoms with Crippen molar-refractivity contribution in [2.45, 2.75) is 39.5 Å². The third-order valence-electron chi connectivity index (χ3n) is 1.85. The lowest BCUT2D eigenvalue weighted by atomic mass is 9.89. The molecule has 0 aliphatic carbocycles. The van der Waals surface area contributed by atoms with Gasteiger partial charge in [-0.25, -0.2) is 0 Å². The maximum atomic E-state index is 4.03. The van der Waals surface area contributed by atoms with Gasteiger partial charge in [0, 0.05) is 11.1 Å². The molecule has 0 aromatic carbocycles. The largest absolute Gasteiger partial charge is 0.282 e. The molecular weight excluding hydrogens is 136 g/mol. The van der Waals surface area contributed by atoms with Crippen molar-refractivity contribution in [1.29, 1.82) is 0 Å². The van der Waals surface area contributed by atoms with Crippen LogP contribution in [-0.4, -0.2) is 10.2 Å². The van der Waals surface area contributed by atoms with E-state index in [9.17, 15) is 0 Å². The Morgan fingerprint density at radius 3 is 2.45 bits per heavy atom. The molecule has 0 atom stereocenters. The number of aromatic nitrogens is 2. The van der Waals surface area contributed by atoms with E-state index in [2.05, 4.69) is 37.9 Å². The lowest BCUT2D eigenvalue weighted by Crippen LogP contribution is -2.13. The summed E-state index contributed by atoms with van der Waals surface area (Å²) in [6.45, 7) is 8.74. The van der Waals surface area contributed by atoms with Crippen molar-refractivity contribution in [3.63, 3.8) is 0 Å². The normalized spacial score (nSPS) is 12.0. The minimum atomic E-state index is 0.196. The van der Waals surface area contributed by atoms with E-state index in [1.54, 1.807) is 0 Å². The summed E-state index contributed by atoms with van der Waals surface area (Å²) in [7, 11) is 0. The van der Waals surface area contributed by atoms with Gasteiger partial charge in [-0.05, 0) is 12.0 Å². The van der Waals surface area contributed by atoms with Gasteiger partial charge in [0.1, 0.15) is 0 Å². The van der Waals surface area contributed by atoms with E-state index in [-0.39, 0.29) is 5.41 Å². The molecule has 0 aliphatic rings. The van der Waals surface area contributed by atoms with Gasteiger partial charge in [0.15, 0.2) is 0 Å². The number of H-pyrrole nitrogens is 1. The van der Waals surface area contributed by atoms with Crippen LogP contribution in [0.4, 0.5) is 0 Å². The Kier molecular flexibility index (Phi) is 2.03. The van der Waals surface area contributed by atoms with Gasteiger partial charge in [-0.15, -0.1) is 0 Å². The molecule has 0 fully saturated rings. The summed E-state index contributed by atoms with van der Waals surface area (Å²) in [6.07, 6.45) is 2.98. The molecule has 2 nitrogen and oxygen atoms in total. The van der Waals surface area contributed by atoms with E-state index in [4.69, 9.17) is 0 Å². The van der Waals surface area contributed by atoms with Gasteiger partial charge in [0.05, 0.1) is 6.20 Å². The summed E-state index contributed by atoms with van der Waals surface area (Å²) in [5.41, 5.74) is 2.79. The molecule has 0 radical (unpaired) electrons. The van der Waals surface area contributed by atoms with Crippen LogP contribution in [0, 0.1) is 0 Å². The first-order chi connectivity index (χ1) is 5.05. The summed E-state index contributed by atoms with van der Waals surface area (Å²) in [4.78, 5) is 0. The fourth-order valence-electron chi connectivity index (χ4n) is 1.23. The first-order valence-electron chi connectivity index (χ1n) is 4.08. The van der Waals surface area contributed by atoms with Crippen LogP contribution in [0.5, 0.6) is 0 Å². The molecule has 1 aromatic heterocycles. The minimum Gasteiger partial charge on any atom is -0.282 e. The SMILES string of the molecule is CCc1cn[nH]c1C(C)(C)C. The number of aryl methyl sites for hydroxylation is 1. The molecule has 1 N–H and O–H groups in total. The Morgan fingerprint density at radius 1 is 1.45 bits per heavy atom. The van der Waals surface area contributed by atoms with Gasteiger partial charge in [0.25, 0.3) is 0 Å². The van der Waals surface area contributed by atoms with Gasteiger partial charge in [-0.3, -0.25) is 5.10 Å². The smallest absolute Gasteiger partial charge is 0.0522 e. The number of nitrogens with one attached hydrogen (secondary N) is 1. The van der Waals surface area contributed by atoms with Gasteiger partial charge >= 0.3 is 0 Å². The average Bonchev–Trinajstić information content (AvgIpc) is 2.31. The van der Waals surface area contributed by atoms with Crippen molar-refractivity contribution in [2.24, 2.45) is 0 Å². The standard InChI is InChI=1S/C9H16N2/c1-5-7-6-10-11-8(7)9(2,3)4/h6H,5H2,1-4H3,(H,10,11). The summed E-state index contributed by atoms with van der Waals surface area (Å²) >= 11 is 0. The number of rotatable bonds is 1. The molecule has 0 saturated heterocycles. The second kappa shape index (κ2) is 2.68. The maximum absolute atomic E-state index is 4.03. The van der Waals surface area contributed by atoms with E-state index < -0.39 is 0 Å². The Balaban J connectivity index is 3.02. The Hall–Kier alpha value is -0.790. The van der Waals surface area contributed by atoms with Crippen molar-refractivity contribution in [2.75, 3.05) is 0 Å². The molecule has 0 bridgehead atoms.